The standard InChI is InChI=1S/C18H24N2O2/c1-4-16-18(13(2)19-22-16)15-9-7-11-20(15)12-14-8-5-6-10-17(14)21-3/h5-6,8,10,15H,4,7,9,11-12H2,1-3H3/t15-/m1/s1. The van der Waals surface area contributed by atoms with Gasteiger partial charge in [0.2, 0.25) is 0 Å². The summed E-state index contributed by atoms with van der Waals surface area (Å²) < 4.78 is 11.0. The molecule has 4 nitrogen and oxygen atoms in total. The zero-order valence-corrected chi connectivity index (χ0v) is 13.6. The van der Waals surface area contributed by atoms with Crippen molar-refractivity contribution in [2.75, 3.05) is 13.7 Å². The molecule has 0 saturated carbocycles. The van der Waals surface area contributed by atoms with Crippen molar-refractivity contribution in [3.8, 4) is 5.75 Å². The minimum absolute atomic E-state index is 0.408. The molecule has 0 spiro atoms. The van der Waals surface area contributed by atoms with Gasteiger partial charge in [-0.2, -0.15) is 0 Å². The van der Waals surface area contributed by atoms with Crippen LogP contribution in [0.5, 0.6) is 5.75 Å². The molecule has 0 aliphatic carbocycles. The fraction of sp³-hybridized carbons (Fsp3) is 0.500. The van der Waals surface area contributed by atoms with Crippen LogP contribution in [0.4, 0.5) is 0 Å². The molecule has 0 N–H and O–H groups in total. The summed E-state index contributed by atoms with van der Waals surface area (Å²) in [6.45, 7) is 6.19. The maximum Gasteiger partial charge on any atom is 0.141 e. The number of methoxy groups -OCH3 is 1. The Bertz CT molecular complexity index is 636. The second kappa shape index (κ2) is 6.53. The fourth-order valence-electron chi connectivity index (χ4n) is 3.50. The summed E-state index contributed by atoms with van der Waals surface area (Å²) in [4.78, 5) is 2.52. The van der Waals surface area contributed by atoms with Crippen LogP contribution in [-0.2, 0) is 13.0 Å². The second-order valence-electron chi connectivity index (χ2n) is 5.90. The Labute approximate surface area is 132 Å². The molecule has 0 unspecified atom stereocenters. The number of aryl methyl sites for hydroxylation is 2. The van der Waals surface area contributed by atoms with Gasteiger partial charge in [-0.3, -0.25) is 4.90 Å². The van der Waals surface area contributed by atoms with Gasteiger partial charge in [0, 0.05) is 30.1 Å². The van der Waals surface area contributed by atoms with Crippen molar-refractivity contribution in [1.82, 2.24) is 10.1 Å². The molecule has 22 heavy (non-hydrogen) atoms. The van der Waals surface area contributed by atoms with E-state index in [2.05, 4.69) is 36.0 Å². The smallest absolute Gasteiger partial charge is 0.141 e. The van der Waals surface area contributed by atoms with Gasteiger partial charge in [0.05, 0.1) is 12.8 Å². The number of hydrogen-bond donors (Lipinski definition) is 0. The van der Waals surface area contributed by atoms with Gasteiger partial charge in [0.15, 0.2) is 0 Å². The number of ether oxygens (including phenoxy) is 1. The van der Waals surface area contributed by atoms with Crippen molar-refractivity contribution in [3.05, 3.63) is 46.8 Å². The van der Waals surface area contributed by atoms with Gasteiger partial charge in [0.25, 0.3) is 0 Å². The third-order valence-corrected chi connectivity index (χ3v) is 4.57. The molecular formula is C18H24N2O2. The van der Waals surface area contributed by atoms with E-state index in [1.807, 2.05) is 12.1 Å². The van der Waals surface area contributed by atoms with Gasteiger partial charge < -0.3 is 9.26 Å². The third kappa shape index (κ3) is 2.75. The summed E-state index contributed by atoms with van der Waals surface area (Å²) in [5, 5.41) is 4.18. The Morgan fingerprint density at radius 1 is 1.36 bits per heavy atom. The van der Waals surface area contributed by atoms with E-state index in [4.69, 9.17) is 9.26 Å². The molecule has 1 aromatic carbocycles. The molecule has 118 valence electrons. The third-order valence-electron chi connectivity index (χ3n) is 4.57. The molecule has 1 aliphatic rings. The van der Waals surface area contributed by atoms with Crippen molar-refractivity contribution < 1.29 is 9.26 Å². The van der Waals surface area contributed by atoms with Crippen LogP contribution in [0, 0.1) is 6.92 Å². The number of likely N-dealkylation sites (tertiary alicyclic amines) is 1. The maximum absolute atomic E-state index is 5.50. The van der Waals surface area contributed by atoms with Crippen LogP contribution in [0.25, 0.3) is 0 Å². The molecule has 3 rings (SSSR count). The van der Waals surface area contributed by atoms with E-state index in [1.54, 1.807) is 7.11 Å². The van der Waals surface area contributed by atoms with Crippen LogP contribution in [0.1, 0.15) is 48.4 Å². The lowest BCUT2D eigenvalue weighted by Gasteiger charge is -2.25. The molecule has 0 amide bonds. The normalized spacial score (nSPS) is 18.8. The van der Waals surface area contributed by atoms with Crippen molar-refractivity contribution in [1.29, 1.82) is 0 Å². The summed E-state index contributed by atoms with van der Waals surface area (Å²) in [5.74, 6) is 2.00. The van der Waals surface area contributed by atoms with Crippen LogP contribution in [0.3, 0.4) is 0 Å². The number of aromatic nitrogens is 1. The van der Waals surface area contributed by atoms with E-state index in [0.717, 1.165) is 36.7 Å². The van der Waals surface area contributed by atoms with Crippen molar-refractivity contribution in [3.63, 3.8) is 0 Å². The highest BCUT2D eigenvalue weighted by Gasteiger charge is 2.31. The quantitative estimate of drug-likeness (QED) is 0.839. The molecule has 4 heteroatoms. The molecule has 1 aliphatic heterocycles. The van der Waals surface area contributed by atoms with Gasteiger partial charge in [-0.15, -0.1) is 0 Å². The van der Waals surface area contributed by atoms with Crippen LogP contribution in [0.2, 0.25) is 0 Å². The van der Waals surface area contributed by atoms with Crippen LogP contribution >= 0.6 is 0 Å². The SMILES string of the molecule is CCc1onc(C)c1[C@H]1CCCN1Cc1ccccc1OC. The average Bonchev–Trinajstić information content (AvgIpc) is 3.13. The van der Waals surface area contributed by atoms with E-state index in [0.29, 0.717) is 6.04 Å². The van der Waals surface area contributed by atoms with E-state index >= 15 is 0 Å². The lowest BCUT2D eigenvalue weighted by molar-refractivity contribution is 0.241. The predicted octanol–water partition coefficient (Wildman–Crippen LogP) is 3.89. The first-order chi connectivity index (χ1) is 10.7. The Morgan fingerprint density at radius 2 is 2.18 bits per heavy atom. The van der Waals surface area contributed by atoms with Crippen LogP contribution in [-0.4, -0.2) is 23.7 Å². The topological polar surface area (TPSA) is 38.5 Å². The van der Waals surface area contributed by atoms with E-state index < -0.39 is 0 Å². The van der Waals surface area contributed by atoms with Gasteiger partial charge >= 0.3 is 0 Å². The van der Waals surface area contributed by atoms with E-state index in [9.17, 15) is 0 Å². The Balaban J connectivity index is 1.86. The van der Waals surface area contributed by atoms with Crippen molar-refractivity contribution >= 4 is 0 Å². The van der Waals surface area contributed by atoms with Crippen LogP contribution < -0.4 is 4.74 Å². The number of hydrogen-bond acceptors (Lipinski definition) is 4. The minimum atomic E-state index is 0.408. The summed E-state index contributed by atoms with van der Waals surface area (Å²) in [7, 11) is 1.74. The first-order valence-electron chi connectivity index (χ1n) is 8.05. The monoisotopic (exact) mass is 300 g/mol. The zero-order chi connectivity index (χ0) is 15.5. The summed E-state index contributed by atoms with van der Waals surface area (Å²) in [5.41, 5.74) is 3.58. The summed E-state index contributed by atoms with van der Waals surface area (Å²) in [6.07, 6.45) is 3.28. The minimum Gasteiger partial charge on any atom is -0.496 e. The molecule has 2 aromatic rings. The van der Waals surface area contributed by atoms with Gasteiger partial charge in [-0.05, 0) is 32.4 Å². The molecule has 1 saturated heterocycles. The molecule has 1 aromatic heterocycles. The summed E-state index contributed by atoms with van der Waals surface area (Å²) in [6, 6.07) is 8.68. The first-order valence-corrected chi connectivity index (χ1v) is 8.05. The maximum atomic E-state index is 5.50. The van der Waals surface area contributed by atoms with Crippen molar-refractivity contribution in [2.24, 2.45) is 0 Å². The van der Waals surface area contributed by atoms with E-state index in [-0.39, 0.29) is 0 Å². The molecule has 1 fully saturated rings. The average molecular weight is 300 g/mol. The van der Waals surface area contributed by atoms with Crippen LogP contribution in [0.15, 0.2) is 28.8 Å². The van der Waals surface area contributed by atoms with Gasteiger partial charge in [0.1, 0.15) is 11.5 Å². The number of rotatable bonds is 5. The highest BCUT2D eigenvalue weighted by molar-refractivity contribution is 5.34. The molecule has 2 heterocycles. The molecule has 0 radical (unpaired) electrons. The molecule has 0 bridgehead atoms. The number of para-hydroxylation sites is 1. The Morgan fingerprint density at radius 3 is 2.95 bits per heavy atom. The number of nitrogens with zero attached hydrogens (tertiary/aromatic N) is 2. The molecular weight excluding hydrogens is 276 g/mol. The Kier molecular flexibility index (Phi) is 4.48. The van der Waals surface area contributed by atoms with Gasteiger partial charge in [-0.25, -0.2) is 0 Å². The van der Waals surface area contributed by atoms with Gasteiger partial charge in [-0.1, -0.05) is 30.3 Å². The summed E-state index contributed by atoms with van der Waals surface area (Å²) >= 11 is 0. The highest BCUT2D eigenvalue weighted by atomic mass is 16.5. The molecule has 1 atom stereocenters. The van der Waals surface area contributed by atoms with Crippen molar-refractivity contribution in [2.45, 2.75) is 45.7 Å². The lowest BCUT2D eigenvalue weighted by atomic mass is 10.0. The predicted molar refractivity (Wildman–Crippen MR) is 86.0 cm³/mol. The largest absolute Gasteiger partial charge is 0.496 e. The highest BCUT2D eigenvalue weighted by Crippen LogP contribution is 2.37. The first kappa shape index (κ1) is 15.1. The second-order valence-corrected chi connectivity index (χ2v) is 5.90. The zero-order valence-electron chi connectivity index (χ0n) is 13.6. The Hall–Kier alpha value is -1.81. The lowest BCUT2D eigenvalue weighted by Crippen LogP contribution is -2.24. The number of benzene rings is 1. The fourth-order valence-corrected chi connectivity index (χ4v) is 3.50. The van der Waals surface area contributed by atoms with E-state index in [1.165, 1.54) is 24.0 Å².